The van der Waals surface area contributed by atoms with Gasteiger partial charge in [-0.2, -0.15) is 4.52 Å². The predicted octanol–water partition coefficient (Wildman–Crippen LogP) is 1.53. The van der Waals surface area contributed by atoms with E-state index in [0.717, 1.165) is 12.8 Å². The Kier molecular flexibility index (Phi) is 2.93. The summed E-state index contributed by atoms with van der Waals surface area (Å²) in [4.78, 5) is 14.6. The highest BCUT2D eigenvalue weighted by Gasteiger charge is 2.29. The van der Waals surface area contributed by atoms with Gasteiger partial charge in [-0.15, -0.1) is 5.10 Å². The number of aromatic nitrogens is 4. The summed E-state index contributed by atoms with van der Waals surface area (Å²) < 4.78 is 1.53. The van der Waals surface area contributed by atoms with Crippen molar-refractivity contribution in [2.75, 3.05) is 0 Å². The van der Waals surface area contributed by atoms with Crippen molar-refractivity contribution in [1.82, 2.24) is 24.9 Å². The molecule has 3 rings (SSSR count). The van der Waals surface area contributed by atoms with Crippen molar-refractivity contribution in [2.45, 2.75) is 45.2 Å². The van der Waals surface area contributed by atoms with Gasteiger partial charge < -0.3 is 4.90 Å². The first-order chi connectivity index (χ1) is 9.16. The molecule has 0 bridgehead atoms. The zero-order valence-corrected chi connectivity index (χ0v) is 11.2. The maximum absolute atomic E-state index is 12.6. The fourth-order valence-corrected chi connectivity index (χ4v) is 2.84. The Balaban J connectivity index is 1.93. The number of amides is 1. The first kappa shape index (κ1) is 12.1. The molecule has 0 unspecified atom stereocenters. The maximum Gasteiger partial charge on any atom is 0.255 e. The van der Waals surface area contributed by atoms with E-state index in [9.17, 15) is 4.79 Å². The lowest BCUT2D eigenvalue weighted by molar-refractivity contribution is 0.0510. The van der Waals surface area contributed by atoms with Crippen LogP contribution >= 0.6 is 0 Å². The number of carbonyl (C=O) groups is 1. The molecule has 1 aliphatic heterocycles. The number of pyridine rings is 1. The number of nitrogens with zero attached hydrogens (tertiary/aromatic N) is 5. The van der Waals surface area contributed by atoms with Crippen LogP contribution in [0.15, 0.2) is 18.3 Å². The van der Waals surface area contributed by atoms with Gasteiger partial charge in [0.1, 0.15) is 0 Å². The molecule has 6 nitrogen and oxygen atoms in total. The highest BCUT2D eigenvalue weighted by Crippen LogP contribution is 2.24. The van der Waals surface area contributed by atoms with Crippen LogP contribution in [0.4, 0.5) is 0 Å². The van der Waals surface area contributed by atoms with Gasteiger partial charge in [0, 0.05) is 18.3 Å². The van der Waals surface area contributed by atoms with E-state index in [4.69, 9.17) is 0 Å². The molecule has 2 aromatic heterocycles. The Morgan fingerprint density at radius 2 is 2.00 bits per heavy atom. The van der Waals surface area contributed by atoms with Crippen LogP contribution < -0.4 is 0 Å². The van der Waals surface area contributed by atoms with Crippen molar-refractivity contribution in [2.24, 2.45) is 0 Å². The molecule has 1 fully saturated rings. The Labute approximate surface area is 111 Å². The number of carbonyl (C=O) groups excluding carboxylic acids is 1. The zero-order valence-electron chi connectivity index (χ0n) is 11.2. The molecule has 19 heavy (non-hydrogen) atoms. The van der Waals surface area contributed by atoms with Gasteiger partial charge >= 0.3 is 0 Å². The van der Waals surface area contributed by atoms with Crippen LogP contribution in [0.1, 0.15) is 43.5 Å². The molecule has 1 saturated heterocycles. The van der Waals surface area contributed by atoms with Crippen molar-refractivity contribution in [1.29, 1.82) is 0 Å². The third-order valence-corrected chi connectivity index (χ3v) is 3.87. The molecule has 2 aromatic rings. The standard InChI is InChI=1S/C13H17N5O/c1-9-4-3-5-10(2)18(9)13(19)11-6-7-12-14-15-16-17(12)8-11/h6-10H,3-5H2,1-2H3/t9-,10-/m1/s1. The largest absolute Gasteiger partial charge is 0.333 e. The Morgan fingerprint density at radius 3 is 2.74 bits per heavy atom. The molecule has 0 radical (unpaired) electrons. The van der Waals surface area contributed by atoms with Crippen LogP contribution in [0.25, 0.3) is 5.65 Å². The van der Waals surface area contributed by atoms with Gasteiger partial charge in [-0.25, -0.2) is 0 Å². The van der Waals surface area contributed by atoms with E-state index in [1.165, 1.54) is 10.9 Å². The lowest BCUT2D eigenvalue weighted by Crippen LogP contribution is -2.47. The number of hydrogen-bond donors (Lipinski definition) is 0. The minimum atomic E-state index is 0.0668. The minimum Gasteiger partial charge on any atom is -0.333 e. The van der Waals surface area contributed by atoms with Gasteiger partial charge in [0.15, 0.2) is 5.65 Å². The lowest BCUT2D eigenvalue weighted by Gasteiger charge is -2.39. The summed E-state index contributed by atoms with van der Waals surface area (Å²) >= 11 is 0. The summed E-state index contributed by atoms with van der Waals surface area (Å²) in [6.45, 7) is 4.23. The molecule has 1 amide bonds. The SMILES string of the molecule is C[C@@H]1CCC[C@@H](C)N1C(=O)c1ccc2nnnn2c1. The molecule has 1 aliphatic rings. The monoisotopic (exact) mass is 259 g/mol. The Bertz CT molecular complexity index is 598. The zero-order chi connectivity index (χ0) is 13.4. The van der Waals surface area contributed by atoms with Gasteiger partial charge in [0.05, 0.1) is 5.56 Å². The number of fused-ring (bicyclic) bond motifs is 1. The molecule has 0 aromatic carbocycles. The summed E-state index contributed by atoms with van der Waals surface area (Å²) in [7, 11) is 0. The summed E-state index contributed by atoms with van der Waals surface area (Å²) in [5.41, 5.74) is 1.29. The second-order valence-corrected chi connectivity index (χ2v) is 5.24. The lowest BCUT2D eigenvalue weighted by atomic mass is 9.96. The van der Waals surface area contributed by atoms with Gasteiger partial charge in [-0.05, 0) is 55.7 Å². The van der Waals surface area contributed by atoms with Crippen molar-refractivity contribution >= 4 is 11.6 Å². The summed E-state index contributed by atoms with van der Waals surface area (Å²) in [5, 5.41) is 11.3. The third kappa shape index (κ3) is 2.07. The molecule has 6 heteroatoms. The summed E-state index contributed by atoms with van der Waals surface area (Å²) in [6, 6.07) is 4.15. The Morgan fingerprint density at radius 1 is 1.26 bits per heavy atom. The van der Waals surface area contributed by atoms with Crippen LogP contribution in [-0.2, 0) is 0 Å². The highest BCUT2D eigenvalue weighted by molar-refractivity contribution is 5.94. The van der Waals surface area contributed by atoms with E-state index in [1.54, 1.807) is 18.3 Å². The van der Waals surface area contributed by atoms with E-state index >= 15 is 0 Å². The molecule has 0 spiro atoms. The normalized spacial score (nSPS) is 23.8. The first-order valence-corrected chi connectivity index (χ1v) is 6.67. The molecule has 0 N–H and O–H groups in total. The van der Waals surface area contributed by atoms with Gasteiger partial charge in [0.25, 0.3) is 5.91 Å². The van der Waals surface area contributed by atoms with Gasteiger partial charge in [0.2, 0.25) is 0 Å². The van der Waals surface area contributed by atoms with E-state index in [2.05, 4.69) is 29.4 Å². The van der Waals surface area contributed by atoms with Gasteiger partial charge in [-0.3, -0.25) is 4.79 Å². The number of tetrazole rings is 1. The van der Waals surface area contributed by atoms with Crippen LogP contribution in [-0.4, -0.2) is 42.9 Å². The van der Waals surface area contributed by atoms with E-state index in [-0.39, 0.29) is 5.91 Å². The second-order valence-electron chi connectivity index (χ2n) is 5.24. The van der Waals surface area contributed by atoms with Crippen LogP contribution in [0, 0.1) is 0 Å². The average Bonchev–Trinajstić information content (AvgIpc) is 2.85. The molecule has 0 aliphatic carbocycles. The van der Waals surface area contributed by atoms with E-state index in [1.807, 2.05) is 4.90 Å². The van der Waals surface area contributed by atoms with Crippen molar-refractivity contribution in [3.63, 3.8) is 0 Å². The number of hydrogen-bond acceptors (Lipinski definition) is 4. The molecular formula is C13H17N5O. The summed E-state index contributed by atoms with van der Waals surface area (Å²) in [5.74, 6) is 0.0668. The fourth-order valence-electron chi connectivity index (χ4n) is 2.84. The summed E-state index contributed by atoms with van der Waals surface area (Å²) in [6.07, 6.45) is 5.04. The topological polar surface area (TPSA) is 63.4 Å². The fraction of sp³-hybridized carbons (Fsp3) is 0.538. The number of piperidine rings is 1. The quantitative estimate of drug-likeness (QED) is 0.779. The van der Waals surface area contributed by atoms with Crippen LogP contribution in [0.3, 0.4) is 0 Å². The molecule has 100 valence electrons. The first-order valence-electron chi connectivity index (χ1n) is 6.67. The minimum absolute atomic E-state index is 0.0668. The maximum atomic E-state index is 12.6. The molecule has 2 atom stereocenters. The van der Waals surface area contributed by atoms with Crippen LogP contribution in [0.2, 0.25) is 0 Å². The van der Waals surface area contributed by atoms with Crippen molar-refractivity contribution in [3.8, 4) is 0 Å². The highest BCUT2D eigenvalue weighted by atomic mass is 16.2. The van der Waals surface area contributed by atoms with Gasteiger partial charge in [-0.1, -0.05) is 0 Å². The number of rotatable bonds is 1. The van der Waals surface area contributed by atoms with Crippen molar-refractivity contribution in [3.05, 3.63) is 23.9 Å². The van der Waals surface area contributed by atoms with Crippen molar-refractivity contribution < 1.29 is 4.79 Å². The molecule has 3 heterocycles. The number of likely N-dealkylation sites (tertiary alicyclic amines) is 1. The average molecular weight is 259 g/mol. The second kappa shape index (κ2) is 4.60. The smallest absolute Gasteiger partial charge is 0.255 e. The molecule has 0 saturated carbocycles. The molecular weight excluding hydrogens is 242 g/mol. The Hall–Kier alpha value is -1.98. The van der Waals surface area contributed by atoms with E-state index in [0.29, 0.717) is 23.3 Å². The van der Waals surface area contributed by atoms with Crippen LogP contribution in [0.5, 0.6) is 0 Å². The third-order valence-electron chi connectivity index (χ3n) is 3.87. The predicted molar refractivity (Wildman–Crippen MR) is 69.7 cm³/mol. The van der Waals surface area contributed by atoms with E-state index < -0.39 is 0 Å².